The molecule has 27 heavy (non-hydrogen) atoms. The third kappa shape index (κ3) is 5.08. The fraction of sp³-hybridized carbons (Fsp3) is 0.350. The van der Waals surface area contributed by atoms with Crippen LogP contribution in [0.4, 0.5) is 5.69 Å². The van der Waals surface area contributed by atoms with Gasteiger partial charge in [0.2, 0.25) is 5.91 Å². The second-order valence-electron chi connectivity index (χ2n) is 6.47. The molecule has 1 amide bonds. The van der Waals surface area contributed by atoms with Crippen LogP contribution in [0.5, 0.6) is 0 Å². The van der Waals surface area contributed by atoms with Gasteiger partial charge in [0.05, 0.1) is 17.2 Å². The molecule has 0 fully saturated rings. The number of aryl methyl sites for hydroxylation is 1. The van der Waals surface area contributed by atoms with Crippen LogP contribution in [-0.2, 0) is 19.6 Å². The van der Waals surface area contributed by atoms with Crippen LogP contribution in [0.3, 0.4) is 0 Å². The van der Waals surface area contributed by atoms with E-state index in [9.17, 15) is 13.2 Å². The van der Waals surface area contributed by atoms with Gasteiger partial charge < -0.3 is 10.1 Å². The van der Waals surface area contributed by atoms with Gasteiger partial charge in [-0.15, -0.1) is 0 Å². The molecular weight excluding hydrogens is 364 g/mol. The van der Waals surface area contributed by atoms with Gasteiger partial charge in [-0.2, -0.15) is 0 Å². The van der Waals surface area contributed by atoms with Crippen molar-refractivity contribution in [3.63, 3.8) is 0 Å². The zero-order valence-corrected chi connectivity index (χ0v) is 16.9. The van der Waals surface area contributed by atoms with Crippen molar-refractivity contribution in [2.24, 2.45) is 0 Å². The number of carbonyl (C=O) groups is 1. The average molecular weight is 391 g/mol. The van der Waals surface area contributed by atoms with Crippen molar-refractivity contribution in [2.75, 3.05) is 24.6 Å². The van der Waals surface area contributed by atoms with E-state index in [1.54, 1.807) is 44.4 Å². The molecule has 1 N–H and O–H groups in total. The molecule has 0 saturated heterocycles. The largest absolute Gasteiger partial charge is 0.383 e. The lowest BCUT2D eigenvalue weighted by molar-refractivity contribution is -0.120. The molecule has 2 aromatic carbocycles. The van der Waals surface area contributed by atoms with Crippen molar-refractivity contribution in [2.45, 2.75) is 31.7 Å². The number of ether oxygens (including phenoxy) is 1. The second kappa shape index (κ2) is 9.01. The van der Waals surface area contributed by atoms with Crippen molar-refractivity contribution in [1.29, 1.82) is 0 Å². The van der Waals surface area contributed by atoms with Crippen LogP contribution in [0, 0.1) is 13.8 Å². The zero-order valence-electron chi connectivity index (χ0n) is 16.1. The summed E-state index contributed by atoms with van der Waals surface area (Å²) in [6.45, 7) is 5.60. The quantitative estimate of drug-likeness (QED) is 0.752. The standard InChI is InChI=1S/C20H26N2O4S/c1-15-9-8-12-19(17(15)3)22(13-20(23)21-16(2)14-26-4)27(24,25)18-10-6-5-7-11-18/h5-12,16H,13-14H2,1-4H3,(H,21,23)/t16-/m0/s1. The fourth-order valence-electron chi connectivity index (χ4n) is 2.77. The van der Waals surface area contributed by atoms with Crippen molar-refractivity contribution in [3.8, 4) is 0 Å². The summed E-state index contributed by atoms with van der Waals surface area (Å²) in [5, 5.41) is 2.77. The molecule has 1 atom stereocenters. The highest BCUT2D eigenvalue weighted by atomic mass is 32.2. The van der Waals surface area contributed by atoms with Crippen molar-refractivity contribution in [3.05, 3.63) is 59.7 Å². The van der Waals surface area contributed by atoms with E-state index in [4.69, 9.17) is 4.74 Å². The summed E-state index contributed by atoms with van der Waals surface area (Å²) in [5.74, 6) is -0.389. The summed E-state index contributed by atoms with van der Waals surface area (Å²) in [4.78, 5) is 12.7. The average Bonchev–Trinajstić information content (AvgIpc) is 2.63. The Hall–Kier alpha value is -2.38. The smallest absolute Gasteiger partial charge is 0.264 e. The summed E-state index contributed by atoms with van der Waals surface area (Å²) in [5.41, 5.74) is 2.26. The highest BCUT2D eigenvalue weighted by Crippen LogP contribution is 2.28. The molecule has 0 spiro atoms. The Labute approximate surface area is 161 Å². The van der Waals surface area contributed by atoms with Crippen molar-refractivity contribution < 1.29 is 17.9 Å². The van der Waals surface area contributed by atoms with Gasteiger partial charge in [-0.3, -0.25) is 9.10 Å². The number of benzene rings is 2. The number of carbonyl (C=O) groups excluding carboxylic acids is 1. The third-order valence-corrected chi connectivity index (χ3v) is 6.06. The first kappa shape index (κ1) is 20.9. The summed E-state index contributed by atoms with van der Waals surface area (Å²) >= 11 is 0. The Morgan fingerprint density at radius 2 is 1.78 bits per heavy atom. The summed E-state index contributed by atoms with van der Waals surface area (Å²) in [6.07, 6.45) is 0. The van der Waals surface area contributed by atoms with Crippen LogP contribution in [0.15, 0.2) is 53.4 Å². The molecule has 2 aromatic rings. The number of amides is 1. The number of anilines is 1. The Balaban J connectivity index is 2.43. The molecule has 0 unspecified atom stereocenters. The molecule has 6 nitrogen and oxygen atoms in total. The Morgan fingerprint density at radius 1 is 1.11 bits per heavy atom. The lowest BCUT2D eigenvalue weighted by Gasteiger charge is -2.27. The van der Waals surface area contributed by atoms with Gasteiger partial charge in [0.25, 0.3) is 10.0 Å². The molecule has 2 rings (SSSR count). The molecule has 0 aromatic heterocycles. The van der Waals surface area contributed by atoms with Gasteiger partial charge in [0, 0.05) is 13.2 Å². The maximum absolute atomic E-state index is 13.3. The summed E-state index contributed by atoms with van der Waals surface area (Å²) in [6, 6.07) is 13.3. The number of rotatable bonds is 8. The maximum atomic E-state index is 13.3. The van der Waals surface area contributed by atoms with E-state index in [2.05, 4.69) is 5.32 Å². The Morgan fingerprint density at radius 3 is 2.41 bits per heavy atom. The lowest BCUT2D eigenvalue weighted by atomic mass is 10.1. The topological polar surface area (TPSA) is 75.7 Å². The van der Waals surface area contributed by atoms with Crippen molar-refractivity contribution in [1.82, 2.24) is 5.32 Å². The highest BCUT2D eigenvalue weighted by molar-refractivity contribution is 7.92. The van der Waals surface area contributed by atoms with E-state index in [0.717, 1.165) is 11.1 Å². The molecule has 0 aliphatic heterocycles. The van der Waals surface area contributed by atoms with Gasteiger partial charge >= 0.3 is 0 Å². The minimum Gasteiger partial charge on any atom is -0.383 e. The summed E-state index contributed by atoms with van der Waals surface area (Å²) < 4.78 is 32.7. The van der Waals surface area contributed by atoms with E-state index in [1.807, 2.05) is 19.9 Å². The minimum atomic E-state index is -3.90. The molecule has 146 valence electrons. The fourth-order valence-corrected chi connectivity index (χ4v) is 4.27. The lowest BCUT2D eigenvalue weighted by Crippen LogP contribution is -2.45. The monoisotopic (exact) mass is 390 g/mol. The molecule has 0 aliphatic rings. The summed E-state index contributed by atoms with van der Waals surface area (Å²) in [7, 11) is -2.35. The number of nitrogens with zero attached hydrogens (tertiary/aromatic N) is 1. The van der Waals surface area contributed by atoms with Crippen LogP contribution in [0.1, 0.15) is 18.1 Å². The highest BCUT2D eigenvalue weighted by Gasteiger charge is 2.28. The minimum absolute atomic E-state index is 0.142. The van der Waals surface area contributed by atoms with E-state index >= 15 is 0 Å². The molecule has 0 saturated carbocycles. The first-order valence-corrected chi connectivity index (χ1v) is 10.1. The molecule has 7 heteroatoms. The Bertz CT molecular complexity index is 882. The molecule has 0 bridgehead atoms. The van der Waals surface area contributed by atoms with Gasteiger partial charge in [0.1, 0.15) is 6.54 Å². The molecule has 0 aliphatic carbocycles. The van der Waals surface area contributed by atoms with E-state index in [1.165, 1.54) is 16.4 Å². The molecule has 0 heterocycles. The number of hydrogen-bond donors (Lipinski definition) is 1. The number of nitrogens with one attached hydrogen (secondary N) is 1. The Kier molecular flexibility index (Phi) is 6.98. The maximum Gasteiger partial charge on any atom is 0.264 e. The van der Waals surface area contributed by atoms with E-state index in [-0.39, 0.29) is 23.4 Å². The van der Waals surface area contributed by atoms with Crippen LogP contribution >= 0.6 is 0 Å². The van der Waals surface area contributed by atoms with Crippen LogP contribution < -0.4 is 9.62 Å². The van der Waals surface area contributed by atoms with Crippen LogP contribution in [0.2, 0.25) is 0 Å². The predicted molar refractivity (Wildman–Crippen MR) is 106 cm³/mol. The third-order valence-electron chi connectivity index (χ3n) is 4.29. The van der Waals surface area contributed by atoms with Crippen molar-refractivity contribution >= 4 is 21.6 Å². The van der Waals surface area contributed by atoms with Gasteiger partial charge in [-0.1, -0.05) is 30.3 Å². The SMILES string of the molecule is COC[C@H](C)NC(=O)CN(c1cccc(C)c1C)S(=O)(=O)c1ccccc1. The molecule has 0 radical (unpaired) electrons. The zero-order chi connectivity index (χ0) is 20.0. The van der Waals surface area contributed by atoms with Crippen LogP contribution in [-0.4, -0.2) is 40.6 Å². The van der Waals surface area contributed by atoms with Gasteiger partial charge in [0.15, 0.2) is 0 Å². The first-order valence-electron chi connectivity index (χ1n) is 8.69. The number of sulfonamides is 1. The number of methoxy groups -OCH3 is 1. The predicted octanol–water partition coefficient (Wildman–Crippen LogP) is 2.65. The number of hydrogen-bond acceptors (Lipinski definition) is 4. The second-order valence-corrected chi connectivity index (χ2v) is 8.33. The van der Waals surface area contributed by atoms with E-state index < -0.39 is 10.0 Å². The van der Waals surface area contributed by atoms with Gasteiger partial charge in [-0.05, 0) is 50.1 Å². The van der Waals surface area contributed by atoms with Gasteiger partial charge in [-0.25, -0.2) is 8.42 Å². The van der Waals surface area contributed by atoms with Crippen LogP contribution in [0.25, 0.3) is 0 Å². The molecular formula is C20H26N2O4S. The normalized spacial score (nSPS) is 12.4. The first-order chi connectivity index (χ1) is 12.8. The van der Waals surface area contributed by atoms with E-state index in [0.29, 0.717) is 12.3 Å².